The summed E-state index contributed by atoms with van der Waals surface area (Å²) in [6.45, 7) is 3.67. The molecule has 0 aromatic heterocycles. The van der Waals surface area contributed by atoms with Gasteiger partial charge in [-0.15, -0.1) is 0 Å². The minimum absolute atomic E-state index is 0.394. The van der Waals surface area contributed by atoms with Gasteiger partial charge in [0.2, 0.25) is 0 Å². The highest BCUT2D eigenvalue weighted by molar-refractivity contribution is 5.05. The second-order valence-corrected chi connectivity index (χ2v) is 6.11. The molecular formula is C13H21N3. The van der Waals surface area contributed by atoms with Crippen molar-refractivity contribution in [2.75, 3.05) is 26.7 Å². The normalized spacial score (nSPS) is 37.2. The Bertz CT molecular complexity index is 302. The molecule has 0 spiro atoms. The van der Waals surface area contributed by atoms with Gasteiger partial charge in [-0.2, -0.15) is 5.26 Å². The third-order valence-electron chi connectivity index (χ3n) is 4.75. The Hall–Kier alpha value is -0.590. The number of fused-ring (bicyclic) bond motifs is 2. The number of nitrogens with zero attached hydrogens (tertiary/aromatic N) is 3. The summed E-state index contributed by atoms with van der Waals surface area (Å²) in [7, 11) is 2.24. The van der Waals surface area contributed by atoms with Gasteiger partial charge in [-0.3, -0.25) is 4.90 Å². The summed E-state index contributed by atoms with van der Waals surface area (Å²) >= 11 is 0. The molecular weight excluding hydrogens is 198 g/mol. The molecule has 3 aliphatic rings. The van der Waals surface area contributed by atoms with Crippen LogP contribution in [0, 0.1) is 16.7 Å². The zero-order valence-electron chi connectivity index (χ0n) is 10.2. The summed E-state index contributed by atoms with van der Waals surface area (Å²) in [5.74, 6) is 0. The predicted octanol–water partition coefficient (Wildman–Crippen LogP) is 1.46. The number of hydrogen-bond donors (Lipinski definition) is 0. The van der Waals surface area contributed by atoms with E-state index < -0.39 is 0 Å². The summed E-state index contributed by atoms with van der Waals surface area (Å²) in [5, 5.41) is 8.88. The van der Waals surface area contributed by atoms with Crippen LogP contribution in [0.15, 0.2) is 0 Å². The molecule has 3 fully saturated rings. The molecule has 16 heavy (non-hydrogen) atoms. The van der Waals surface area contributed by atoms with E-state index in [0.29, 0.717) is 5.41 Å². The van der Waals surface area contributed by atoms with E-state index >= 15 is 0 Å². The number of likely N-dealkylation sites (tertiary alicyclic amines) is 1. The van der Waals surface area contributed by atoms with Crippen LogP contribution < -0.4 is 0 Å². The molecule has 3 rings (SSSR count). The second-order valence-electron chi connectivity index (χ2n) is 6.11. The van der Waals surface area contributed by atoms with E-state index in [0.717, 1.165) is 18.5 Å². The lowest BCUT2D eigenvalue weighted by molar-refractivity contribution is 0.0641. The van der Waals surface area contributed by atoms with Gasteiger partial charge >= 0.3 is 0 Å². The van der Waals surface area contributed by atoms with E-state index in [1.54, 1.807) is 0 Å². The topological polar surface area (TPSA) is 30.3 Å². The Morgan fingerprint density at radius 1 is 1.25 bits per heavy atom. The SMILES string of the molecule is CN1CC2CCC(C1)N2CC1(CC#N)CC1. The average molecular weight is 219 g/mol. The van der Waals surface area contributed by atoms with Crippen molar-refractivity contribution in [2.45, 2.75) is 44.2 Å². The Balaban J connectivity index is 1.66. The minimum Gasteiger partial charge on any atom is -0.303 e. The van der Waals surface area contributed by atoms with Crippen LogP contribution in [0.25, 0.3) is 0 Å². The lowest BCUT2D eigenvalue weighted by Gasteiger charge is -2.41. The summed E-state index contributed by atoms with van der Waals surface area (Å²) in [6, 6.07) is 3.94. The fourth-order valence-electron chi connectivity index (χ4n) is 3.58. The number of piperazine rings is 1. The lowest BCUT2D eigenvalue weighted by Crippen LogP contribution is -2.53. The molecule has 0 aromatic carbocycles. The van der Waals surface area contributed by atoms with E-state index in [9.17, 15) is 0 Å². The highest BCUT2D eigenvalue weighted by Crippen LogP contribution is 2.50. The van der Waals surface area contributed by atoms with Crippen LogP contribution in [0.5, 0.6) is 0 Å². The van der Waals surface area contributed by atoms with Crippen molar-refractivity contribution >= 4 is 0 Å². The molecule has 0 amide bonds. The predicted molar refractivity (Wildman–Crippen MR) is 62.9 cm³/mol. The van der Waals surface area contributed by atoms with E-state index in [4.69, 9.17) is 5.26 Å². The van der Waals surface area contributed by atoms with Crippen LogP contribution in [0.2, 0.25) is 0 Å². The van der Waals surface area contributed by atoms with Gasteiger partial charge in [-0.1, -0.05) is 0 Å². The molecule has 1 saturated carbocycles. The molecule has 0 N–H and O–H groups in total. The van der Waals surface area contributed by atoms with Gasteiger partial charge in [-0.05, 0) is 38.1 Å². The molecule has 3 nitrogen and oxygen atoms in total. The Morgan fingerprint density at radius 2 is 1.88 bits per heavy atom. The standard InChI is InChI=1S/C13H21N3/c1-15-8-11-2-3-12(9-15)16(11)10-13(4-5-13)6-7-14/h11-12H,2-6,8-10H2,1H3. The summed E-state index contributed by atoms with van der Waals surface area (Å²) in [5.41, 5.74) is 0.394. The average Bonchev–Trinajstić information content (AvgIpc) is 2.94. The molecule has 2 aliphatic heterocycles. The molecule has 88 valence electrons. The number of rotatable bonds is 3. The molecule has 2 saturated heterocycles. The van der Waals surface area contributed by atoms with Crippen LogP contribution in [0.1, 0.15) is 32.1 Å². The highest BCUT2D eigenvalue weighted by atomic mass is 15.3. The molecule has 2 atom stereocenters. The smallest absolute Gasteiger partial charge is 0.0628 e. The van der Waals surface area contributed by atoms with Gasteiger partial charge in [0.25, 0.3) is 0 Å². The first-order valence-electron chi connectivity index (χ1n) is 6.54. The zero-order valence-corrected chi connectivity index (χ0v) is 10.2. The van der Waals surface area contributed by atoms with E-state index in [-0.39, 0.29) is 0 Å². The van der Waals surface area contributed by atoms with Crippen molar-refractivity contribution in [3.63, 3.8) is 0 Å². The van der Waals surface area contributed by atoms with Crippen molar-refractivity contribution in [3.8, 4) is 6.07 Å². The van der Waals surface area contributed by atoms with Crippen LogP contribution in [0.3, 0.4) is 0 Å². The number of hydrogen-bond acceptors (Lipinski definition) is 3. The molecule has 2 bridgehead atoms. The van der Waals surface area contributed by atoms with Crippen LogP contribution >= 0.6 is 0 Å². The molecule has 2 heterocycles. The van der Waals surface area contributed by atoms with Gasteiger partial charge in [0.05, 0.1) is 6.07 Å². The van der Waals surface area contributed by atoms with Gasteiger partial charge in [0.1, 0.15) is 0 Å². The lowest BCUT2D eigenvalue weighted by atomic mass is 10.0. The molecule has 3 heteroatoms. The van der Waals surface area contributed by atoms with Crippen molar-refractivity contribution in [1.82, 2.24) is 9.80 Å². The highest BCUT2D eigenvalue weighted by Gasteiger charge is 2.48. The maximum atomic E-state index is 8.88. The first-order valence-corrected chi connectivity index (χ1v) is 6.54. The van der Waals surface area contributed by atoms with Crippen molar-refractivity contribution in [1.29, 1.82) is 5.26 Å². The monoisotopic (exact) mass is 219 g/mol. The van der Waals surface area contributed by atoms with Gasteiger partial charge in [0.15, 0.2) is 0 Å². The first-order chi connectivity index (χ1) is 7.72. The van der Waals surface area contributed by atoms with E-state index in [2.05, 4.69) is 22.9 Å². The Labute approximate surface area is 98.0 Å². The fourth-order valence-corrected chi connectivity index (χ4v) is 3.58. The van der Waals surface area contributed by atoms with Crippen LogP contribution in [-0.2, 0) is 0 Å². The number of likely N-dealkylation sites (N-methyl/N-ethyl adjacent to an activating group) is 1. The van der Waals surface area contributed by atoms with Crippen molar-refractivity contribution in [2.24, 2.45) is 5.41 Å². The largest absolute Gasteiger partial charge is 0.303 e. The van der Waals surface area contributed by atoms with Gasteiger partial charge in [-0.25, -0.2) is 0 Å². The molecule has 0 aromatic rings. The molecule has 0 radical (unpaired) electrons. The van der Waals surface area contributed by atoms with Crippen molar-refractivity contribution in [3.05, 3.63) is 0 Å². The molecule has 1 aliphatic carbocycles. The molecule has 2 unspecified atom stereocenters. The maximum absolute atomic E-state index is 8.88. The van der Waals surface area contributed by atoms with E-state index in [1.807, 2.05) is 0 Å². The van der Waals surface area contributed by atoms with Crippen molar-refractivity contribution < 1.29 is 0 Å². The summed E-state index contributed by atoms with van der Waals surface area (Å²) in [4.78, 5) is 5.20. The zero-order chi connectivity index (χ0) is 11.2. The Morgan fingerprint density at radius 3 is 2.38 bits per heavy atom. The summed E-state index contributed by atoms with van der Waals surface area (Å²) in [6.07, 6.45) is 6.09. The fraction of sp³-hybridized carbons (Fsp3) is 0.923. The van der Waals surface area contributed by atoms with Gasteiger partial charge < -0.3 is 4.90 Å². The first kappa shape index (κ1) is 10.6. The Kier molecular flexibility index (Phi) is 2.45. The van der Waals surface area contributed by atoms with Crippen LogP contribution in [-0.4, -0.2) is 48.6 Å². The van der Waals surface area contributed by atoms with Crippen LogP contribution in [0.4, 0.5) is 0 Å². The second kappa shape index (κ2) is 3.72. The van der Waals surface area contributed by atoms with E-state index in [1.165, 1.54) is 45.3 Å². The number of nitriles is 1. The van der Waals surface area contributed by atoms with Gasteiger partial charge in [0, 0.05) is 38.1 Å². The summed E-state index contributed by atoms with van der Waals surface area (Å²) < 4.78 is 0. The minimum atomic E-state index is 0.394. The quantitative estimate of drug-likeness (QED) is 0.720. The third-order valence-corrected chi connectivity index (χ3v) is 4.75. The maximum Gasteiger partial charge on any atom is 0.0628 e. The third kappa shape index (κ3) is 1.74.